The summed E-state index contributed by atoms with van der Waals surface area (Å²) in [6.07, 6.45) is 2.89. The van der Waals surface area contributed by atoms with E-state index in [2.05, 4.69) is 0 Å². The summed E-state index contributed by atoms with van der Waals surface area (Å²) in [6.45, 7) is 0.942. The largest absolute Gasteiger partial charge is 0.355 e. The maximum absolute atomic E-state index is 11.3. The van der Waals surface area contributed by atoms with Gasteiger partial charge < -0.3 is 9.47 Å². The lowest BCUT2D eigenvalue weighted by molar-refractivity contribution is -0.183. The van der Waals surface area contributed by atoms with Crippen molar-refractivity contribution in [1.29, 1.82) is 0 Å². The molecule has 0 N–H and O–H groups in total. The van der Waals surface area contributed by atoms with E-state index in [1.807, 2.05) is 0 Å². The zero-order valence-corrected chi connectivity index (χ0v) is 6.41. The van der Waals surface area contributed by atoms with E-state index < -0.39 is 0 Å². The van der Waals surface area contributed by atoms with Gasteiger partial charge in [-0.1, -0.05) is 0 Å². The number of Topliss-reactive ketones (excluding diaryl/α,β-unsaturated/α-hetero) is 1. The molecule has 0 spiro atoms. The molecule has 0 aromatic carbocycles. The lowest BCUT2D eigenvalue weighted by Gasteiger charge is -2.33. The lowest BCUT2D eigenvalue weighted by Crippen LogP contribution is -2.42. The van der Waals surface area contributed by atoms with Gasteiger partial charge in [0.05, 0.1) is 18.6 Å². The number of carbonyl (C=O) groups excluding carboxylic acids is 1. The summed E-state index contributed by atoms with van der Waals surface area (Å²) in [6, 6.07) is 0. The molecule has 0 bridgehead atoms. The second kappa shape index (κ2) is 2.91. The number of ketones is 1. The van der Waals surface area contributed by atoms with Crippen LogP contribution in [0.15, 0.2) is 0 Å². The topological polar surface area (TPSA) is 35.5 Å². The molecule has 1 saturated carbocycles. The van der Waals surface area contributed by atoms with Crippen molar-refractivity contribution >= 4 is 5.78 Å². The highest BCUT2D eigenvalue weighted by Gasteiger charge is 2.34. The molecule has 11 heavy (non-hydrogen) atoms. The number of hydrogen-bond donors (Lipinski definition) is 0. The summed E-state index contributed by atoms with van der Waals surface area (Å²) in [5, 5.41) is 0. The van der Waals surface area contributed by atoms with Gasteiger partial charge in [-0.15, -0.1) is 0 Å². The minimum absolute atomic E-state index is 0.0394. The first-order valence-electron chi connectivity index (χ1n) is 4.10. The minimum atomic E-state index is 0.0394. The van der Waals surface area contributed by atoms with Crippen LogP contribution in [0.25, 0.3) is 0 Å². The number of hydrogen-bond acceptors (Lipinski definition) is 3. The molecule has 1 aliphatic carbocycles. The molecule has 2 aliphatic rings. The van der Waals surface area contributed by atoms with E-state index in [4.69, 9.17) is 9.47 Å². The van der Waals surface area contributed by atoms with Crippen molar-refractivity contribution in [2.45, 2.75) is 25.4 Å². The second-order valence-electron chi connectivity index (χ2n) is 3.16. The fourth-order valence-corrected chi connectivity index (χ4v) is 1.78. The van der Waals surface area contributed by atoms with E-state index in [0.29, 0.717) is 25.6 Å². The predicted molar refractivity (Wildman–Crippen MR) is 38.0 cm³/mol. The first-order valence-corrected chi connectivity index (χ1v) is 4.10. The van der Waals surface area contributed by atoms with Crippen LogP contribution < -0.4 is 0 Å². The van der Waals surface area contributed by atoms with Crippen molar-refractivity contribution in [2.75, 3.05) is 13.4 Å². The highest BCUT2D eigenvalue weighted by atomic mass is 16.7. The van der Waals surface area contributed by atoms with E-state index in [-0.39, 0.29) is 12.0 Å². The Bertz CT molecular complexity index is 165. The summed E-state index contributed by atoms with van der Waals surface area (Å²) < 4.78 is 10.4. The highest BCUT2D eigenvalue weighted by Crippen LogP contribution is 2.26. The molecule has 0 amide bonds. The van der Waals surface area contributed by atoms with Crippen molar-refractivity contribution in [3.05, 3.63) is 0 Å². The maximum atomic E-state index is 11.3. The zero-order valence-electron chi connectivity index (χ0n) is 6.41. The molecule has 0 aromatic rings. The highest BCUT2D eigenvalue weighted by molar-refractivity contribution is 5.82. The average molecular weight is 156 g/mol. The summed E-state index contributed by atoms with van der Waals surface area (Å²) >= 11 is 0. The molecular formula is C8H12O3. The van der Waals surface area contributed by atoms with Crippen LogP contribution in [0.1, 0.15) is 19.3 Å². The zero-order chi connectivity index (χ0) is 7.68. The van der Waals surface area contributed by atoms with Gasteiger partial charge >= 0.3 is 0 Å². The first-order chi connectivity index (χ1) is 5.38. The number of rotatable bonds is 0. The molecule has 1 saturated heterocycles. The molecule has 1 heterocycles. The fourth-order valence-electron chi connectivity index (χ4n) is 1.78. The Morgan fingerprint density at radius 1 is 1.45 bits per heavy atom. The van der Waals surface area contributed by atoms with Gasteiger partial charge in [0.25, 0.3) is 0 Å². The quantitative estimate of drug-likeness (QED) is 0.518. The SMILES string of the molecule is O=C1CCCC2OCOCC12. The average Bonchev–Trinajstić information content (AvgIpc) is 2.06. The van der Waals surface area contributed by atoms with Gasteiger partial charge in [0.1, 0.15) is 12.6 Å². The van der Waals surface area contributed by atoms with Gasteiger partial charge in [-0.3, -0.25) is 4.79 Å². The van der Waals surface area contributed by atoms with Crippen LogP contribution in [0.2, 0.25) is 0 Å². The van der Waals surface area contributed by atoms with Gasteiger partial charge in [-0.2, -0.15) is 0 Å². The minimum Gasteiger partial charge on any atom is -0.355 e. The predicted octanol–water partition coefficient (Wildman–Crippen LogP) is 0.728. The van der Waals surface area contributed by atoms with E-state index >= 15 is 0 Å². The molecule has 62 valence electrons. The van der Waals surface area contributed by atoms with Crippen LogP contribution >= 0.6 is 0 Å². The molecule has 0 aromatic heterocycles. The second-order valence-corrected chi connectivity index (χ2v) is 3.16. The Morgan fingerprint density at radius 3 is 3.18 bits per heavy atom. The van der Waals surface area contributed by atoms with E-state index in [1.54, 1.807) is 0 Å². The van der Waals surface area contributed by atoms with Crippen LogP contribution in [0.5, 0.6) is 0 Å². The summed E-state index contributed by atoms with van der Waals surface area (Å²) in [5.74, 6) is 0.360. The first kappa shape index (κ1) is 7.25. The monoisotopic (exact) mass is 156 g/mol. The van der Waals surface area contributed by atoms with Crippen LogP contribution in [0.3, 0.4) is 0 Å². The number of ether oxygens (including phenoxy) is 2. The Labute approximate surface area is 65.7 Å². The molecule has 2 fully saturated rings. The Morgan fingerprint density at radius 2 is 2.36 bits per heavy atom. The summed E-state index contributed by atoms with van der Waals surface area (Å²) in [7, 11) is 0. The van der Waals surface area contributed by atoms with Gasteiger partial charge in [0.15, 0.2) is 0 Å². The van der Waals surface area contributed by atoms with Crippen molar-refractivity contribution in [2.24, 2.45) is 5.92 Å². The number of carbonyl (C=O) groups is 1. The molecule has 3 nitrogen and oxygen atoms in total. The van der Waals surface area contributed by atoms with Crippen molar-refractivity contribution in [3.8, 4) is 0 Å². The Balaban J connectivity index is 2.05. The molecule has 0 radical (unpaired) electrons. The lowest BCUT2D eigenvalue weighted by atomic mass is 9.85. The molecule has 2 unspecified atom stereocenters. The molecule has 3 heteroatoms. The van der Waals surface area contributed by atoms with E-state index in [1.165, 1.54) is 0 Å². The van der Waals surface area contributed by atoms with Gasteiger partial charge in [0.2, 0.25) is 0 Å². The Hall–Kier alpha value is -0.410. The van der Waals surface area contributed by atoms with Crippen LogP contribution in [-0.2, 0) is 14.3 Å². The number of fused-ring (bicyclic) bond motifs is 1. The smallest absolute Gasteiger partial charge is 0.147 e. The molecule has 2 rings (SSSR count). The van der Waals surface area contributed by atoms with Gasteiger partial charge in [-0.25, -0.2) is 0 Å². The van der Waals surface area contributed by atoms with Crippen LogP contribution in [0.4, 0.5) is 0 Å². The van der Waals surface area contributed by atoms with Crippen molar-refractivity contribution in [1.82, 2.24) is 0 Å². The fraction of sp³-hybridized carbons (Fsp3) is 0.875. The maximum Gasteiger partial charge on any atom is 0.147 e. The van der Waals surface area contributed by atoms with Crippen LogP contribution in [-0.4, -0.2) is 25.3 Å². The third-order valence-electron chi connectivity index (χ3n) is 2.44. The third-order valence-corrected chi connectivity index (χ3v) is 2.44. The Kier molecular flexibility index (Phi) is 1.92. The van der Waals surface area contributed by atoms with Crippen molar-refractivity contribution < 1.29 is 14.3 Å². The normalized spacial score (nSPS) is 38.4. The molecule has 1 aliphatic heterocycles. The molecule has 2 atom stereocenters. The summed E-state index contributed by atoms with van der Waals surface area (Å²) in [4.78, 5) is 11.3. The van der Waals surface area contributed by atoms with E-state index in [9.17, 15) is 4.79 Å². The standard InChI is InChI=1S/C8H12O3/c9-7-2-1-3-8-6(7)4-10-5-11-8/h6,8H,1-5H2. The van der Waals surface area contributed by atoms with Crippen molar-refractivity contribution in [3.63, 3.8) is 0 Å². The van der Waals surface area contributed by atoms with E-state index in [0.717, 1.165) is 12.8 Å². The van der Waals surface area contributed by atoms with Gasteiger partial charge in [0, 0.05) is 6.42 Å². The van der Waals surface area contributed by atoms with Crippen LogP contribution in [0, 0.1) is 5.92 Å². The molecular weight excluding hydrogens is 144 g/mol. The summed E-state index contributed by atoms with van der Waals surface area (Å²) in [5.41, 5.74) is 0. The third kappa shape index (κ3) is 1.30. The van der Waals surface area contributed by atoms with Gasteiger partial charge in [-0.05, 0) is 12.8 Å².